The molecule has 2 aromatic rings. The quantitative estimate of drug-likeness (QED) is 0.892. The zero-order chi connectivity index (χ0) is 16.5. The molecule has 0 atom stereocenters. The van der Waals surface area contributed by atoms with Gasteiger partial charge in [-0.3, -0.25) is 9.59 Å². The van der Waals surface area contributed by atoms with E-state index in [1.54, 1.807) is 12.4 Å². The van der Waals surface area contributed by atoms with Crippen LogP contribution in [0.5, 0.6) is 0 Å². The van der Waals surface area contributed by atoms with E-state index in [9.17, 15) is 9.59 Å². The summed E-state index contributed by atoms with van der Waals surface area (Å²) in [7, 11) is 0. The number of aromatic nitrogens is 3. The molecule has 0 aromatic carbocycles. The topological polar surface area (TPSA) is 88.4 Å². The van der Waals surface area contributed by atoms with E-state index >= 15 is 0 Å². The molecule has 2 N–H and O–H groups in total. The first-order valence-electron chi connectivity index (χ1n) is 6.77. The van der Waals surface area contributed by atoms with Crippen molar-refractivity contribution in [1.29, 1.82) is 0 Å². The SMILES string of the molecule is Cc1cnc2c(Cl)c(C(=O)NCC(=O)NC(C)(C)C)nn2c1. The van der Waals surface area contributed by atoms with Crippen LogP contribution in [-0.2, 0) is 4.79 Å². The lowest BCUT2D eigenvalue weighted by Crippen LogP contribution is -2.45. The fourth-order valence-electron chi connectivity index (χ4n) is 1.85. The van der Waals surface area contributed by atoms with Gasteiger partial charge in [0, 0.05) is 17.9 Å². The van der Waals surface area contributed by atoms with Crippen LogP contribution >= 0.6 is 11.6 Å². The van der Waals surface area contributed by atoms with Crippen LogP contribution in [0.1, 0.15) is 36.8 Å². The van der Waals surface area contributed by atoms with Gasteiger partial charge in [-0.25, -0.2) is 9.50 Å². The first-order chi connectivity index (χ1) is 10.2. The van der Waals surface area contributed by atoms with Gasteiger partial charge in [-0.05, 0) is 33.3 Å². The Kier molecular flexibility index (Phi) is 4.37. The number of amides is 2. The van der Waals surface area contributed by atoms with Gasteiger partial charge in [-0.2, -0.15) is 5.10 Å². The molecule has 0 fully saturated rings. The average molecular weight is 324 g/mol. The molecular formula is C14H18ClN5O2. The molecule has 0 saturated carbocycles. The standard InChI is InChI=1S/C14H18ClN5O2/c1-8-5-16-12-10(15)11(19-20(12)7-8)13(22)17-6-9(21)18-14(2,3)4/h5,7H,6H2,1-4H3,(H,17,22)(H,18,21). The van der Waals surface area contributed by atoms with Crippen LogP contribution in [0.2, 0.25) is 5.02 Å². The summed E-state index contributed by atoms with van der Waals surface area (Å²) in [5.41, 5.74) is 0.979. The number of halogens is 1. The second kappa shape index (κ2) is 5.92. The van der Waals surface area contributed by atoms with Gasteiger partial charge in [-0.15, -0.1) is 0 Å². The van der Waals surface area contributed by atoms with Crippen LogP contribution in [0.4, 0.5) is 0 Å². The molecule has 2 rings (SSSR count). The van der Waals surface area contributed by atoms with Crippen LogP contribution in [0.3, 0.4) is 0 Å². The molecule has 8 heteroatoms. The molecule has 2 amide bonds. The molecular weight excluding hydrogens is 306 g/mol. The number of hydrogen-bond acceptors (Lipinski definition) is 4. The highest BCUT2D eigenvalue weighted by Gasteiger charge is 2.20. The Balaban J connectivity index is 2.10. The van der Waals surface area contributed by atoms with E-state index < -0.39 is 5.91 Å². The molecule has 2 heterocycles. The number of nitrogens with zero attached hydrogens (tertiary/aromatic N) is 3. The first-order valence-corrected chi connectivity index (χ1v) is 7.15. The summed E-state index contributed by atoms with van der Waals surface area (Å²) >= 11 is 6.12. The fraction of sp³-hybridized carbons (Fsp3) is 0.429. The van der Waals surface area contributed by atoms with Crippen molar-refractivity contribution in [2.45, 2.75) is 33.2 Å². The Bertz CT molecular complexity index is 733. The highest BCUT2D eigenvalue weighted by Crippen LogP contribution is 2.20. The molecule has 22 heavy (non-hydrogen) atoms. The van der Waals surface area contributed by atoms with Gasteiger partial charge in [0.05, 0.1) is 6.54 Å². The molecule has 0 aliphatic rings. The minimum atomic E-state index is -0.516. The number of rotatable bonds is 3. The summed E-state index contributed by atoms with van der Waals surface area (Å²) in [5, 5.41) is 9.51. The van der Waals surface area contributed by atoms with Crippen LogP contribution in [0.25, 0.3) is 5.65 Å². The monoisotopic (exact) mass is 323 g/mol. The van der Waals surface area contributed by atoms with E-state index in [0.717, 1.165) is 5.56 Å². The van der Waals surface area contributed by atoms with E-state index in [0.29, 0.717) is 5.65 Å². The van der Waals surface area contributed by atoms with Crippen molar-refractivity contribution in [2.75, 3.05) is 6.54 Å². The summed E-state index contributed by atoms with van der Waals surface area (Å²) in [6, 6.07) is 0. The van der Waals surface area contributed by atoms with Gasteiger partial charge in [0.2, 0.25) is 5.91 Å². The zero-order valence-electron chi connectivity index (χ0n) is 12.9. The van der Waals surface area contributed by atoms with Gasteiger partial charge in [0.25, 0.3) is 5.91 Å². The van der Waals surface area contributed by atoms with E-state index in [-0.39, 0.29) is 28.7 Å². The normalized spacial score (nSPS) is 11.5. The lowest BCUT2D eigenvalue weighted by atomic mass is 10.1. The summed E-state index contributed by atoms with van der Waals surface area (Å²) in [6.07, 6.45) is 3.36. The summed E-state index contributed by atoms with van der Waals surface area (Å²) < 4.78 is 1.45. The average Bonchev–Trinajstić information content (AvgIpc) is 2.71. The smallest absolute Gasteiger partial charge is 0.273 e. The van der Waals surface area contributed by atoms with E-state index in [1.165, 1.54) is 4.52 Å². The van der Waals surface area contributed by atoms with E-state index in [4.69, 9.17) is 11.6 Å². The third-order valence-corrected chi connectivity index (χ3v) is 3.03. The lowest BCUT2D eigenvalue weighted by molar-refractivity contribution is -0.121. The number of fused-ring (bicyclic) bond motifs is 1. The summed E-state index contributed by atoms with van der Waals surface area (Å²) in [6.45, 7) is 7.30. The molecule has 0 saturated heterocycles. The molecule has 0 radical (unpaired) electrons. The minimum absolute atomic E-state index is 0.0447. The van der Waals surface area contributed by atoms with Gasteiger partial charge in [-0.1, -0.05) is 11.6 Å². The predicted molar refractivity (Wildman–Crippen MR) is 83.0 cm³/mol. The fourth-order valence-corrected chi connectivity index (χ4v) is 2.11. The molecule has 0 spiro atoms. The number of carbonyl (C=O) groups is 2. The summed E-state index contributed by atoms with van der Waals surface area (Å²) in [4.78, 5) is 27.9. The molecule has 2 aromatic heterocycles. The van der Waals surface area contributed by atoms with Crippen LogP contribution in [-0.4, -0.2) is 38.5 Å². The molecule has 0 unspecified atom stereocenters. The Morgan fingerprint density at radius 3 is 2.68 bits per heavy atom. The van der Waals surface area contributed by atoms with Crippen molar-refractivity contribution in [2.24, 2.45) is 0 Å². The van der Waals surface area contributed by atoms with Gasteiger partial charge in [0.1, 0.15) is 5.02 Å². The second-order valence-electron chi connectivity index (χ2n) is 6.04. The van der Waals surface area contributed by atoms with Gasteiger partial charge < -0.3 is 10.6 Å². The molecule has 0 aliphatic heterocycles. The number of hydrogen-bond donors (Lipinski definition) is 2. The molecule has 0 aliphatic carbocycles. The third kappa shape index (κ3) is 3.73. The highest BCUT2D eigenvalue weighted by molar-refractivity contribution is 6.36. The second-order valence-corrected chi connectivity index (χ2v) is 6.42. The van der Waals surface area contributed by atoms with Crippen molar-refractivity contribution in [1.82, 2.24) is 25.2 Å². The van der Waals surface area contributed by atoms with Crippen molar-refractivity contribution in [3.05, 3.63) is 28.7 Å². The predicted octanol–water partition coefficient (Wildman–Crippen LogP) is 1.34. The van der Waals surface area contributed by atoms with Crippen LogP contribution in [0.15, 0.2) is 12.4 Å². The number of carbonyl (C=O) groups excluding carboxylic acids is 2. The molecule has 0 bridgehead atoms. The van der Waals surface area contributed by atoms with Gasteiger partial charge in [0.15, 0.2) is 11.3 Å². The van der Waals surface area contributed by atoms with Gasteiger partial charge >= 0.3 is 0 Å². The number of nitrogens with one attached hydrogen (secondary N) is 2. The number of aryl methyl sites for hydroxylation is 1. The van der Waals surface area contributed by atoms with Crippen molar-refractivity contribution < 1.29 is 9.59 Å². The lowest BCUT2D eigenvalue weighted by Gasteiger charge is -2.20. The summed E-state index contributed by atoms with van der Waals surface area (Å²) in [5.74, 6) is -0.799. The Morgan fingerprint density at radius 2 is 2.05 bits per heavy atom. The maximum absolute atomic E-state index is 12.1. The van der Waals surface area contributed by atoms with Crippen LogP contribution in [0, 0.1) is 6.92 Å². The van der Waals surface area contributed by atoms with E-state index in [1.807, 2.05) is 27.7 Å². The maximum atomic E-state index is 12.1. The molecule has 118 valence electrons. The molecule has 7 nitrogen and oxygen atoms in total. The van der Waals surface area contributed by atoms with E-state index in [2.05, 4.69) is 20.7 Å². The maximum Gasteiger partial charge on any atom is 0.273 e. The minimum Gasteiger partial charge on any atom is -0.350 e. The Labute approximate surface area is 133 Å². The Hall–Kier alpha value is -2.15. The van der Waals surface area contributed by atoms with Crippen molar-refractivity contribution in [3.8, 4) is 0 Å². The largest absolute Gasteiger partial charge is 0.350 e. The van der Waals surface area contributed by atoms with Crippen LogP contribution < -0.4 is 10.6 Å². The Morgan fingerprint density at radius 1 is 1.36 bits per heavy atom. The first kappa shape index (κ1) is 16.2. The highest BCUT2D eigenvalue weighted by atomic mass is 35.5. The zero-order valence-corrected chi connectivity index (χ0v) is 13.7. The third-order valence-electron chi connectivity index (χ3n) is 2.68. The van der Waals surface area contributed by atoms with Crippen molar-refractivity contribution >= 4 is 29.1 Å². The van der Waals surface area contributed by atoms with Crippen molar-refractivity contribution in [3.63, 3.8) is 0 Å².